The smallest absolute Gasteiger partial charge is 0.459 e. The van der Waals surface area contributed by atoms with Crippen molar-refractivity contribution in [1.82, 2.24) is 19.9 Å². The first-order valence-electron chi connectivity index (χ1n) is 12.8. The fraction of sp³-hybridized carbons (Fsp3) is 0.500. The number of anilines is 1. The average molecular weight is 648 g/mol. The topological polar surface area (TPSA) is 203 Å². The summed E-state index contributed by atoms with van der Waals surface area (Å²) in [6.45, 7) is 0.827. The van der Waals surface area contributed by atoms with Crippen LogP contribution in [-0.2, 0) is 33.4 Å². The third-order valence-electron chi connectivity index (χ3n) is 7.31. The van der Waals surface area contributed by atoms with Gasteiger partial charge in [-0.25, -0.2) is 13.0 Å². The average Bonchev–Trinajstić information content (AvgIpc) is 3.54. The fourth-order valence-electron chi connectivity index (χ4n) is 4.99. The second kappa shape index (κ2) is 11.1. The van der Waals surface area contributed by atoms with Crippen LogP contribution in [-0.4, -0.2) is 82.7 Å². The summed E-state index contributed by atoms with van der Waals surface area (Å²) in [5, 5.41) is 32.5. The van der Waals surface area contributed by atoms with Crippen LogP contribution in [0, 0.1) is 0 Å². The van der Waals surface area contributed by atoms with Gasteiger partial charge in [0.25, 0.3) is 0 Å². The molecule has 5 atom stereocenters. The first-order valence-corrected chi connectivity index (χ1v) is 16.6. The number of esters is 1. The van der Waals surface area contributed by atoms with Gasteiger partial charge in [-0.2, -0.15) is 10.2 Å². The van der Waals surface area contributed by atoms with Crippen molar-refractivity contribution in [3.05, 3.63) is 41.6 Å². The Morgan fingerprint density at radius 3 is 2.60 bits per heavy atom. The van der Waals surface area contributed by atoms with E-state index >= 15 is 0 Å². The number of aliphatic hydroxyl groups is 2. The molecule has 1 saturated carbocycles. The molecule has 0 spiro atoms. The van der Waals surface area contributed by atoms with Gasteiger partial charge in [-0.15, -0.1) is 0 Å². The first-order chi connectivity index (χ1) is 19.7. The molecule has 1 aliphatic carbocycles. The standard InChI is InChI=1S/C24H31ClN5O10PS/c1-23(33)18(31)17(39-21(23)30-12-9-16-19(26-27-20(16)30)28-42(3,35)36)13-38-41(34,40-15-7-5-14(25)6-8-15)29-24(10-4-11-24)22(32)37-2/h5-9,12,17-18,21,31,33H,4,10-11,13H2,1-3H3,(H,29,34)(H2,26,27,28)/t17?,18-,21?,23-,41?/m1/s1. The Balaban J connectivity index is 1.38. The molecule has 0 bridgehead atoms. The van der Waals surface area contributed by atoms with Crippen LogP contribution in [0.1, 0.15) is 32.4 Å². The molecule has 1 saturated heterocycles. The number of halogens is 1. The van der Waals surface area contributed by atoms with E-state index < -0.39 is 59.9 Å². The number of benzene rings is 1. The number of methoxy groups -OCH3 is 1. The second-order valence-corrected chi connectivity index (χ2v) is 14.4. The molecule has 5 N–H and O–H groups in total. The number of nitrogens with one attached hydrogen (secondary N) is 3. The van der Waals surface area contributed by atoms with Crippen molar-refractivity contribution in [3.8, 4) is 5.75 Å². The Morgan fingerprint density at radius 2 is 2.00 bits per heavy atom. The van der Waals surface area contributed by atoms with E-state index in [1.54, 1.807) is 6.07 Å². The van der Waals surface area contributed by atoms with Gasteiger partial charge < -0.3 is 28.8 Å². The van der Waals surface area contributed by atoms with Crippen LogP contribution in [0.3, 0.4) is 0 Å². The number of carbonyl (C=O) groups excluding carboxylic acids is 1. The predicted molar refractivity (Wildman–Crippen MR) is 150 cm³/mol. The molecule has 5 rings (SSSR count). The van der Waals surface area contributed by atoms with Crippen LogP contribution in [0.4, 0.5) is 5.82 Å². The molecule has 0 radical (unpaired) electrons. The fourth-order valence-corrected chi connectivity index (χ4v) is 7.38. The second-order valence-electron chi connectivity index (χ2n) is 10.5. The van der Waals surface area contributed by atoms with E-state index in [1.165, 1.54) is 49.1 Å². The van der Waals surface area contributed by atoms with Gasteiger partial charge in [-0.1, -0.05) is 11.6 Å². The molecule has 230 valence electrons. The van der Waals surface area contributed by atoms with Gasteiger partial charge >= 0.3 is 13.7 Å². The lowest BCUT2D eigenvalue weighted by atomic mass is 9.78. The molecule has 1 aliphatic heterocycles. The molecular formula is C24H31ClN5O10PS. The van der Waals surface area contributed by atoms with E-state index in [-0.39, 0.29) is 17.2 Å². The van der Waals surface area contributed by atoms with E-state index in [4.69, 9.17) is 30.1 Å². The van der Waals surface area contributed by atoms with Crippen molar-refractivity contribution in [2.45, 2.75) is 55.8 Å². The number of sulfonamides is 1. The quantitative estimate of drug-likeness (QED) is 0.150. The zero-order valence-electron chi connectivity index (χ0n) is 22.8. The largest absolute Gasteiger partial charge is 0.468 e. The number of aliphatic hydroxyl groups excluding tert-OH is 1. The van der Waals surface area contributed by atoms with E-state index in [1.807, 2.05) is 0 Å². The van der Waals surface area contributed by atoms with Gasteiger partial charge in [0.2, 0.25) is 10.0 Å². The van der Waals surface area contributed by atoms with Crippen LogP contribution in [0.2, 0.25) is 5.02 Å². The minimum absolute atomic E-state index is 0.117. The molecule has 2 aliphatic rings. The first kappa shape index (κ1) is 30.8. The van der Waals surface area contributed by atoms with Crippen molar-refractivity contribution >= 4 is 52.2 Å². The van der Waals surface area contributed by atoms with Crippen molar-refractivity contribution in [2.75, 3.05) is 24.7 Å². The van der Waals surface area contributed by atoms with Gasteiger partial charge in [0.1, 0.15) is 34.9 Å². The molecular weight excluding hydrogens is 617 g/mol. The van der Waals surface area contributed by atoms with Crippen molar-refractivity contribution in [2.24, 2.45) is 0 Å². The molecule has 2 fully saturated rings. The SMILES string of the molecule is COC(=O)C1(NP(=O)(OCC2OC(n3ccc4c(NS(C)(=O)=O)[nH]nc43)[C@](C)(O)[C@@H]2O)Oc2ccc(Cl)cc2)CCC1. The molecule has 3 unspecified atom stereocenters. The Hall–Kier alpha value is -2.69. The molecule has 18 heteroatoms. The molecule has 15 nitrogen and oxygen atoms in total. The number of rotatable bonds is 11. The van der Waals surface area contributed by atoms with E-state index in [2.05, 4.69) is 20.0 Å². The maximum atomic E-state index is 14.1. The van der Waals surface area contributed by atoms with Gasteiger partial charge in [-0.05, 0) is 56.5 Å². The zero-order chi connectivity index (χ0) is 30.5. The van der Waals surface area contributed by atoms with Crippen LogP contribution >= 0.6 is 19.3 Å². The number of aromatic nitrogens is 3. The summed E-state index contributed by atoms with van der Waals surface area (Å²) in [5.41, 5.74) is -2.95. The summed E-state index contributed by atoms with van der Waals surface area (Å²) in [6, 6.07) is 7.56. The summed E-state index contributed by atoms with van der Waals surface area (Å²) in [6.07, 6.45) is -0.0990. The summed E-state index contributed by atoms with van der Waals surface area (Å²) >= 11 is 5.95. The number of H-pyrrole nitrogens is 1. The Morgan fingerprint density at radius 1 is 1.31 bits per heavy atom. The van der Waals surface area contributed by atoms with Gasteiger partial charge in [0.15, 0.2) is 11.9 Å². The molecule has 3 heterocycles. The molecule has 2 aromatic heterocycles. The third kappa shape index (κ3) is 5.90. The monoisotopic (exact) mass is 647 g/mol. The number of aromatic amines is 1. The number of hydrogen-bond donors (Lipinski definition) is 5. The summed E-state index contributed by atoms with van der Waals surface area (Å²) < 4.78 is 63.5. The highest BCUT2D eigenvalue weighted by atomic mass is 35.5. The minimum Gasteiger partial charge on any atom is -0.468 e. The normalized spacial score (nSPS) is 26.9. The molecule has 1 aromatic carbocycles. The van der Waals surface area contributed by atoms with Gasteiger partial charge in [0, 0.05) is 11.2 Å². The lowest BCUT2D eigenvalue weighted by Crippen LogP contribution is -2.57. The highest BCUT2D eigenvalue weighted by Gasteiger charge is 2.55. The van der Waals surface area contributed by atoms with Crippen molar-refractivity contribution in [1.29, 1.82) is 0 Å². The lowest BCUT2D eigenvalue weighted by Gasteiger charge is -2.41. The van der Waals surface area contributed by atoms with Gasteiger partial charge in [-0.3, -0.25) is 19.1 Å². The Kier molecular flexibility index (Phi) is 8.13. The van der Waals surface area contributed by atoms with Crippen molar-refractivity contribution < 1.29 is 46.5 Å². The Bertz CT molecular complexity index is 1620. The van der Waals surface area contributed by atoms with E-state index in [0.29, 0.717) is 29.7 Å². The number of nitrogens with zero attached hydrogens (tertiary/aromatic N) is 2. The lowest BCUT2D eigenvalue weighted by molar-refractivity contribution is -0.151. The van der Waals surface area contributed by atoms with Crippen LogP contribution in [0.15, 0.2) is 36.5 Å². The molecule has 0 amide bonds. The highest BCUT2D eigenvalue weighted by molar-refractivity contribution is 7.92. The summed E-state index contributed by atoms with van der Waals surface area (Å²) in [7, 11) is -6.70. The predicted octanol–water partition coefficient (Wildman–Crippen LogP) is 2.29. The number of hydrogen-bond acceptors (Lipinski definition) is 11. The maximum absolute atomic E-state index is 14.1. The van der Waals surface area contributed by atoms with Crippen LogP contribution < -0.4 is 14.3 Å². The van der Waals surface area contributed by atoms with Crippen molar-refractivity contribution in [3.63, 3.8) is 0 Å². The number of carbonyl (C=O) groups is 1. The number of ether oxygens (including phenoxy) is 2. The summed E-state index contributed by atoms with van der Waals surface area (Å²) in [4.78, 5) is 12.6. The van der Waals surface area contributed by atoms with E-state index in [9.17, 15) is 28.0 Å². The van der Waals surface area contributed by atoms with Crippen LogP contribution in [0.5, 0.6) is 5.75 Å². The molecule has 3 aromatic rings. The molecule has 42 heavy (non-hydrogen) atoms. The van der Waals surface area contributed by atoms with Gasteiger partial charge in [0.05, 0.1) is 25.4 Å². The zero-order valence-corrected chi connectivity index (χ0v) is 25.3. The minimum atomic E-state index is -4.32. The van der Waals surface area contributed by atoms with E-state index in [0.717, 1.165) is 6.26 Å². The summed E-state index contributed by atoms with van der Waals surface area (Å²) in [5.74, 6) is -0.372. The number of fused-ring (bicyclic) bond motifs is 1. The maximum Gasteiger partial charge on any atom is 0.459 e. The third-order valence-corrected chi connectivity index (χ3v) is 9.78. The highest BCUT2D eigenvalue weighted by Crippen LogP contribution is 2.51. The Labute approximate surface area is 246 Å². The van der Waals surface area contributed by atoms with Crippen LogP contribution in [0.25, 0.3) is 11.0 Å².